The van der Waals surface area contributed by atoms with Crippen molar-refractivity contribution in [3.8, 4) is 0 Å². The topological polar surface area (TPSA) is 85.8 Å². The molecule has 0 aromatic heterocycles. The number of nitrogens with one attached hydrogen (secondary N) is 3. The van der Waals surface area contributed by atoms with Crippen LogP contribution < -0.4 is 16.0 Å². The first-order valence-electron chi connectivity index (χ1n) is 8.57. The quantitative estimate of drug-likeness (QED) is 0.361. The van der Waals surface area contributed by atoms with E-state index in [4.69, 9.17) is 0 Å². The van der Waals surface area contributed by atoms with Crippen LogP contribution in [0, 0.1) is 17.5 Å². The summed E-state index contributed by atoms with van der Waals surface area (Å²) in [6, 6.07) is 1.83. The number of anilines is 1. The molecule has 6 nitrogen and oxygen atoms in total. The van der Waals surface area contributed by atoms with Crippen molar-refractivity contribution in [2.45, 2.75) is 44.8 Å². The first-order valence-corrected chi connectivity index (χ1v) is 8.57. The van der Waals surface area contributed by atoms with Gasteiger partial charge >= 0.3 is 0 Å². The zero-order chi connectivity index (χ0) is 19.1. The highest BCUT2D eigenvalue weighted by atomic mass is 19.2. The van der Waals surface area contributed by atoms with E-state index in [-0.39, 0.29) is 18.7 Å². The number of nitrogens with zero attached hydrogens (tertiary/aromatic N) is 1. The molecule has 0 spiro atoms. The van der Waals surface area contributed by atoms with Gasteiger partial charge in [0.25, 0.3) is 0 Å². The van der Waals surface area contributed by atoms with E-state index in [9.17, 15) is 23.1 Å². The number of aliphatic hydroxyl groups is 1. The summed E-state index contributed by atoms with van der Waals surface area (Å²) in [6.07, 6.45) is 2.71. The molecule has 1 saturated carbocycles. The maximum atomic E-state index is 13.6. The van der Waals surface area contributed by atoms with Crippen LogP contribution in [0.15, 0.2) is 17.1 Å². The second-order valence-electron chi connectivity index (χ2n) is 6.12. The lowest BCUT2D eigenvalue weighted by Gasteiger charge is -2.27. The van der Waals surface area contributed by atoms with Crippen molar-refractivity contribution in [3.05, 3.63) is 29.6 Å². The number of aliphatic hydroxyl groups excluding tert-OH is 1. The maximum Gasteiger partial charge on any atom is 0.246 e. The summed E-state index contributed by atoms with van der Waals surface area (Å²) in [5.41, 5.74) is -0.441. The second-order valence-corrected chi connectivity index (χ2v) is 6.12. The lowest BCUT2D eigenvalue weighted by atomic mass is 9.93. The largest absolute Gasteiger partial charge is 0.393 e. The fourth-order valence-electron chi connectivity index (χ4n) is 2.70. The SMILES string of the molecule is CCNC(=NCC(=O)Nc1ccc(F)c(F)c1F)NC1CCC(O)CC1. The van der Waals surface area contributed by atoms with Crippen LogP contribution in [-0.4, -0.2) is 42.2 Å². The average Bonchev–Trinajstić information content (AvgIpc) is 2.62. The van der Waals surface area contributed by atoms with E-state index < -0.39 is 29.0 Å². The van der Waals surface area contributed by atoms with Crippen LogP contribution in [0.25, 0.3) is 0 Å². The summed E-state index contributed by atoms with van der Waals surface area (Å²) in [5.74, 6) is -4.65. The number of hydrogen-bond donors (Lipinski definition) is 4. The molecule has 144 valence electrons. The number of rotatable bonds is 5. The minimum absolute atomic E-state index is 0.142. The lowest BCUT2D eigenvalue weighted by Crippen LogP contribution is -2.45. The van der Waals surface area contributed by atoms with E-state index >= 15 is 0 Å². The average molecular weight is 372 g/mol. The summed E-state index contributed by atoms with van der Waals surface area (Å²) >= 11 is 0. The molecule has 2 rings (SSSR count). The lowest BCUT2D eigenvalue weighted by molar-refractivity contribution is -0.114. The van der Waals surface area contributed by atoms with E-state index in [0.717, 1.165) is 25.0 Å². The predicted octanol–water partition coefficient (Wildman–Crippen LogP) is 1.90. The Morgan fingerprint density at radius 1 is 1.19 bits per heavy atom. The molecule has 0 radical (unpaired) electrons. The summed E-state index contributed by atoms with van der Waals surface area (Å²) in [7, 11) is 0. The highest BCUT2D eigenvalue weighted by Crippen LogP contribution is 2.20. The normalized spacial score (nSPS) is 20.6. The van der Waals surface area contributed by atoms with Gasteiger partial charge in [-0.2, -0.15) is 0 Å². The van der Waals surface area contributed by atoms with E-state index in [1.807, 2.05) is 6.92 Å². The molecule has 1 aliphatic rings. The molecule has 1 amide bonds. The number of guanidine groups is 1. The Morgan fingerprint density at radius 2 is 1.88 bits per heavy atom. The number of benzene rings is 1. The Bertz CT molecular complexity index is 662. The molecule has 0 bridgehead atoms. The summed E-state index contributed by atoms with van der Waals surface area (Å²) in [5, 5.41) is 17.9. The molecule has 1 aromatic rings. The molecule has 1 aliphatic carbocycles. The number of carbonyl (C=O) groups is 1. The van der Waals surface area contributed by atoms with Gasteiger partial charge in [-0.15, -0.1) is 0 Å². The van der Waals surface area contributed by atoms with Gasteiger partial charge in [-0.05, 0) is 44.7 Å². The molecule has 0 atom stereocenters. The van der Waals surface area contributed by atoms with Crippen molar-refractivity contribution in [1.29, 1.82) is 0 Å². The molecule has 0 unspecified atom stereocenters. The standard InChI is InChI=1S/C17H23F3N4O2/c1-2-21-17(23-10-3-5-11(25)6-4-10)22-9-14(26)24-13-8-7-12(18)15(19)16(13)20/h7-8,10-11,25H,2-6,9H2,1H3,(H,24,26)(H2,21,22,23). The zero-order valence-electron chi connectivity index (χ0n) is 14.5. The van der Waals surface area contributed by atoms with Gasteiger partial charge in [-0.3, -0.25) is 4.79 Å². The summed E-state index contributed by atoms with van der Waals surface area (Å²) < 4.78 is 39.7. The molecule has 0 heterocycles. The van der Waals surface area contributed by atoms with Crippen LogP contribution in [0.4, 0.5) is 18.9 Å². The van der Waals surface area contributed by atoms with Crippen LogP contribution in [0.3, 0.4) is 0 Å². The highest BCUT2D eigenvalue weighted by Gasteiger charge is 2.20. The smallest absolute Gasteiger partial charge is 0.246 e. The fraction of sp³-hybridized carbons (Fsp3) is 0.529. The van der Waals surface area contributed by atoms with Crippen LogP contribution in [-0.2, 0) is 4.79 Å². The third kappa shape index (κ3) is 5.62. The minimum atomic E-state index is -1.64. The van der Waals surface area contributed by atoms with Gasteiger partial charge in [0, 0.05) is 12.6 Å². The summed E-state index contributed by atoms with van der Waals surface area (Å²) in [6.45, 7) is 2.14. The maximum absolute atomic E-state index is 13.6. The fourth-order valence-corrected chi connectivity index (χ4v) is 2.70. The molecule has 1 fully saturated rings. The van der Waals surface area contributed by atoms with Crippen molar-refractivity contribution in [3.63, 3.8) is 0 Å². The van der Waals surface area contributed by atoms with Gasteiger partial charge in [0.15, 0.2) is 23.4 Å². The van der Waals surface area contributed by atoms with E-state index in [1.165, 1.54) is 0 Å². The first kappa shape index (κ1) is 20.0. The molecule has 26 heavy (non-hydrogen) atoms. The molecule has 0 saturated heterocycles. The van der Waals surface area contributed by atoms with Gasteiger partial charge < -0.3 is 21.1 Å². The third-order valence-corrected chi connectivity index (χ3v) is 4.07. The van der Waals surface area contributed by atoms with Crippen LogP contribution in [0.2, 0.25) is 0 Å². The van der Waals surface area contributed by atoms with Gasteiger partial charge in [0.05, 0.1) is 11.8 Å². The van der Waals surface area contributed by atoms with Gasteiger partial charge in [0.2, 0.25) is 5.91 Å². The van der Waals surface area contributed by atoms with E-state index in [1.54, 1.807) is 0 Å². The van der Waals surface area contributed by atoms with Crippen molar-refractivity contribution < 1.29 is 23.1 Å². The number of halogens is 3. The Labute approximate surface area is 149 Å². The van der Waals surface area contributed by atoms with E-state index in [2.05, 4.69) is 20.9 Å². The molecule has 9 heteroatoms. The van der Waals surface area contributed by atoms with Crippen molar-refractivity contribution in [2.75, 3.05) is 18.4 Å². The van der Waals surface area contributed by atoms with Crippen molar-refractivity contribution >= 4 is 17.6 Å². The Hall–Kier alpha value is -2.29. The number of aliphatic imine (C=N–C) groups is 1. The van der Waals surface area contributed by atoms with Crippen LogP contribution in [0.1, 0.15) is 32.6 Å². The van der Waals surface area contributed by atoms with Gasteiger partial charge in [0.1, 0.15) is 6.54 Å². The zero-order valence-corrected chi connectivity index (χ0v) is 14.5. The van der Waals surface area contributed by atoms with E-state index in [0.29, 0.717) is 25.3 Å². The molecule has 0 aliphatic heterocycles. The number of carbonyl (C=O) groups excluding carboxylic acids is 1. The van der Waals surface area contributed by atoms with Gasteiger partial charge in [-0.1, -0.05) is 0 Å². The molecule has 1 aromatic carbocycles. The van der Waals surface area contributed by atoms with Crippen LogP contribution >= 0.6 is 0 Å². The minimum Gasteiger partial charge on any atom is -0.393 e. The van der Waals surface area contributed by atoms with Crippen molar-refractivity contribution in [1.82, 2.24) is 10.6 Å². The number of amides is 1. The molecule has 4 N–H and O–H groups in total. The number of hydrogen-bond acceptors (Lipinski definition) is 3. The third-order valence-electron chi connectivity index (χ3n) is 4.07. The molecular weight excluding hydrogens is 349 g/mol. The Morgan fingerprint density at radius 3 is 2.54 bits per heavy atom. The molecular formula is C17H23F3N4O2. The highest BCUT2D eigenvalue weighted by molar-refractivity contribution is 5.94. The monoisotopic (exact) mass is 372 g/mol. The predicted molar refractivity (Wildman–Crippen MR) is 92.3 cm³/mol. The van der Waals surface area contributed by atoms with Crippen LogP contribution in [0.5, 0.6) is 0 Å². The Balaban J connectivity index is 1.93. The van der Waals surface area contributed by atoms with Crippen molar-refractivity contribution in [2.24, 2.45) is 4.99 Å². The Kier molecular flexibility index (Phi) is 7.26. The van der Waals surface area contributed by atoms with Gasteiger partial charge in [-0.25, -0.2) is 18.2 Å². The summed E-state index contributed by atoms with van der Waals surface area (Å²) in [4.78, 5) is 16.0. The first-order chi connectivity index (χ1) is 12.4. The second kappa shape index (κ2) is 9.42.